The molecule has 0 aliphatic carbocycles. The van der Waals surface area contributed by atoms with Crippen molar-refractivity contribution < 1.29 is 5.21 Å². The number of likely N-dealkylation sites (N-methyl/N-ethyl adjacent to an activating group) is 2. The molecule has 0 unspecified atom stereocenters. The normalized spacial score (nSPS) is 12.4. The summed E-state index contributed by atoms with van der Waals surface area (Å²) in [6.45, 7) is 2.87. The van der Waals surface area contributed by atoms with Gasteiger partial charge in [-0.15, -0.1) is 0 Å². The van der Waals surface area contributed by atoms with Crippen molar-refractivity contribution in [3.8, 4) is 0 Å². The molecule has 0 spiro atoms. The lowest BCUT2D eigenvalue weighted by Gasteiger charge is -2.19. The van der Waals surface area contributed by atoms with Crippen molar-refractivity contribution in [3.63, 3.8) is 0 Å². The van der Waals surface area contributed by atoms with E-state index in [4.69, 9.17) is 10.9 Å². The molecule has 0 atom stereocenters. The number of oxime groups is 1. The molecule has 0 saturated carbocycles. The average molecular weight is 250 g/mol. The van der Waals surface area contributed by atoms with Crippen LogP contribution in [-0.2, 0) is 6.54 Å². The highest BCUT2D eigenvalue weighted by atomic mass is 16.4. The van der Waals surface area contributed by atoms with Gasteiger partial charge >= 0.3 is 0 Å². The molecule has 0 radical (unpaired) electrons. The Labute approximate surface area is 108 Å². The number of hydrogen-bond donors (Lipinski definition) is 2. The molecule has 5 nitrogen and oxygen atoms in total. The first-order valence-corrected chi connectivity index (χ1v) is 5.93. The van der Waals surface area contributed by atoms with Crippen LogP contribution in [0.2, 0.25) is 0 Å². The number of nitrogens with two attached hydrogens (primary N) is 1. The van der Waals surface area contributed by atoms with E-state index in [-0.39, 0.29) is 5.84 Å². The summed E-state index contributed by atoms with van der Waals surface area (Å²) >= 11 is 0. The Morgan fingerprint density at radius 3 is 2.61 bits per heavy atom. The molecular weight excluding hydrogens is 228 g/mol. The minimum absolute atomic E-state index is 0.146. The van der Waals surface area contributed by atoms with Gasteiger partial charge in [-0.3, -0.25) is 0 Å². The lowest BCUT2D eigenvalue weighted by Crippen LogP contribution is -2.28. The standard InChI is InChI=1S/C13H22N4O/c1-16(2)7-8-17(3)10-11-5-4-6-12(9-11)13(14)15-18/h4-6,9,18H,7-8,10H2,1-3H3,(H2,14,15). The second kappa shape index (κ2) is 6.98. The van der Waals surface area contributed by atoms with E-state index in [1.807, 2.05) is 24.3 Å². The third kappa shape index (κ3) is 4.73. The Bertz CT molecular complexity index is 404. The largest absolute Gasteiger partial charge is 0.409 e. The first-order valence-electron chi connectivity index (χ1n) is 5.93. The molecule has 5 heteroatoms. The summed E-state index contributed by atoms with van der Waals surface area (Å²) < 4.78 is 0. The molecule has 0 aliphatic rings. The van der Waals surface area contributed by atoms with E-state index < -0.39 is 0 Å². The van der Waals surface area contributed by atoms with Crippen LogP contribution in [0, 0.1) is 0 Å². The van der Waals surface area contributed by atoms with Gasteiger partial charge in [0.25, 0.3) is 0 Å². The van der Waals surface area contributed by atoms with Crippen LogP contribution in [0.25, 0.3) is 0 Å². The number of hydrogen-bond acceptors (Lipinski definition) is 4. The van der Waals surface area contributed by atoms with Crippen molar-refractivity contribution in [3.05, 3.63) is 35.4 Å². The summed E-state index contributed by atoms with van der Waals surface area (Å²) in [6, 6.07) is 7.74. The fraction of sp³-hybridized carbons (Fsp3) is 0.462. The van der Waals surface area contributed by atoms with Crippen molar-refractivity contribution in [1.29, 1.82) is 0 Å². The number of nitrogens with zero attached hydrogens (tertiary/aromatic N) is 3. The van der Waals surface area contributed by atoms with E-state index in [1.165, 1.54) is 0 Å². The quantitative estimate of drug-likeness (QED) is 0.339. The van der Waals surface area contributed by atoms with Gasteiger partial charge in [-0.2, -0.15) is 0 Å². The molecular formula is C13H22N4O. The lowest BCUT2D eigenvalue weighted by molar-refractivity contribution is 0.276. The molecule has 100 valence electrons. The molecule has 0 fully saturated rings. The topological polar surface area (TPSA) is 65.1 Å². The second-order valence-corrected chi connectivity index (χ2v) is 4.73. The predicted molar refractivity (Wildman–Crippen MR) is 73.8 cm³/mol. The first kappa shape index (κ1) is 14.5. The summed E-state index contributed by atoms with van der Waals surface area (Å²) in [4.78, 5) is 4.40. The summed E-state index contributed by atoms with van der Waals surface area (Å²) in [5.41, 5.74) is 7.47. The van der Waals surface area contributed by atoms with Crippen molar-refractivity contribution in [2.45, 2.75) is 6.54 Å². The number of rotatable bonds is 6. The average Bonchev–Trinajstić information content (AvgIpc) is 2.35. The van der Waals surface area contributed by atoms with Crippen LogP contribution in [0.4, 0.5) is 0 Å². The second-order valence-electron chi connectivity index (χ2n) is 4.73. The maximum atomic E-state index is 8.65. The van der Waals surface area contributed by atoms with E-state index in [1.54, 1.807) is 0 Å². The molecule has 0 bridgehead atoms. The van der Waals surface area contributed by atoms with E-state index in [0.29, 0.717) is 0 Å². The predicted octanol–water partition coefficient (Wildman–Crippen LogP) is 0.775. The van der Waals surface area contributed by atoms with E-state index in [0.717, 1.165) is 30.8 Å². The van der Waals surface area contributed by atoms with Crippen LogP contribution in [-0.4, -0.2) is 55.1 Å². The highest BCUT2D eigenvalue weighted by Crippen LogP contribution is 2.07. The summed E-state index contributed by atoms with van der Waals surface area (Å²) in [5, 5.41) is 11.7. The molecule has 0 aliphatic heterocycles. The molecule has 1 rings (SSSR count). The Hall–Kier alpha value is -1.59. The zero-order valence-corrected chi connectivity index (χ0v) is 11.3. The molecule has 0 saturated heterocycles. The highest BCUT2D eigenvalue weighted by Gasteiger charge is 2.04. The fourth-order valence-corrected chi connectivity index (χ4v) is 1.65. The third-order valence-corrected chi connectivity index (χ3v) is 2.71. The van der Waals surface area contributed by atoms with Gasteiger partial charge in [-0.1, -0.05) is 23.4 Å². The SMILES string of the molecule is CN(C)CCN(C)Cc1cccc(C(N)=NO)c1. The van der Waals surface area contributed by atoms with E-state index in [2.05, 4.69) is 36.1 Å². The zero-order chi connectivity index (χ0) is 13.5. The van der Waals surface area contributed by atoms with Gasteiger partial charge in [0.05, 0.1) is 0 Å². The van der Waals surface area contributed by atoms with Gasteiger partial charge in [0.1, 0.15) is 0 Å². The minimum Gasteiger partial charge on any atom is -0.409 e. The maximum absolute atomic E-state index is 8.65. The summed E-state index contributed by atoms with van der Waals surface area (Å²) in [5.74, 6) is 0.146. The molecule has 0 amide bonds. The van der Waals surface area contributed by atoms with Gasteiger partial charge in [-0.05, 0) is 32.8 Å². The monoisotopic (exact) mass is 250 g/mol. The molecule has 0 heterocycles. The Balaban J connectivity index is 2.62. The molecule has 18 heavy (non-hydrogen) atoms. The molecule has 0 aromatic heterocycles. The van der Waals surface area contributed by atoms with Crippen molar-refractivity contribution >= 4 is 5.84 Å². The van der Waals surface area contributed by atoms with E-state index >= 15 is 0 Å². The van der Waals surface area contributed by atoms with Gasteiger partial charge in [0.2, 0.25) is 0 Å². The lowest BCUT2D eigenvalue weighted by atomic mass is 10.1. The van der Waals surface area contributed by atoms with Gasteiger partial charge in [0, 0.05) is 25.2 Å². The number of benzene rings is 1. The van der Waals surface area contributed by atoms with Crippen LogP contribution in [0.5, 0.6) is 0 Å². The van der Waals surface area contributed by atoms with Crippen molar-refractivity contribution in [2.24, 2.45) is 10.9 Å². The van der Waals surface area contributed by atoms with Crippen LogP contribution >= 0.6 is 0 Å². The van der Waals surface area contributed by atoms with Gasteiger partial charge in [0.15, 0.2) is 5.84 Å². The van der Waals surface area contributed by atoms with Crippen molar-refractivity contribution in [2.75, 3.05) is 34.2 Å². The first-order chi connectivity index (χ1) is 8.52. The Morgan fingerprint density at radius 2 is 2.00 bits per heavy atom. The third-order valence-electron chi connectivity index (χ3n) is 2.71. The summed E-state index contributed by atoms with van der Waals surface area (Å²) in [6.07, 6.45) is 0. The van der Waals surface area contributed by atoms with Crippen LogP contribution in [0.15, 0.2) is 29.4 Å². The van der Waals surface area contributed by atoms with Crippen molar-refractivity contribution in [1.82, 2.24) is 9.80 Å². The summed E-state index contributed by atoms with van der Waals surface area (Å²) in [7, 11) is 6.21. The minimum atomic E-state index is 0.146. The number of amidine groups is 1. The molecule has 1 aromatic rings. The smallest absolute Gasteiger partial charge is 0.170 e. The highest BCUT2D eigenvalue weighted by molar-refractivity contribution is 5.97. The van der Waals surface area contributed by atoms with Gasteiger partial charge in [-0.25, -0.2) is 0 Å². The van der Waals surface area contributed by atoms with Crippen LogP contribution in [0.1, 0.15) is 11.1 Å². The Kier molecular flexibility index (Phi) is 5.61. The molecule has 1 aromatic carbocycles. The fourth-order valence-electron chi connectivity index (χ4n) is 1.65. The maximum Gasteiger partial charge on any atom is 0.170 e. The van der Waals surface area contributed by atoms with Gasteiger partial charge < -0.3 is 20.7 Å². The van der Waals surface area contributed by atoms with E-state index in [9.17, 15) is 0 Å². The Morgan fingerprint density at radius 1 is 1.28 bits per heavy atom. The van der Waals surface area contributed by atoms with Crippen LogP contribution < -0.4 is 5.73 Å². The molecule has 3 N–H and O–H groups in total. The zero-order valence-electron chi connectivity index (χ0n) is 11.3. The van der Waals surface area contributed by atoms with Crippen LogP contribution in [0.3, 0.4) is 0 Å².